The van der Waals surface area contributed by atoms with E-state index in [0.29, 0.717) is 17.2 Å². The number of hydrogen-bond donors (Lipinski definition) is 1. The summed E-state index contributed by atoms with van der Waals surface area (Å²) < 4.78 is 24.4. The van der Waals surface area contributed by atoms with Gasteiger partial charge in [-0.15, -0.1) is 0 Å². The lowest BCUT2D eigenvalue weighted by molar-refractivity contribution is 0.0923. The maximum atomic E-state index is 12.4. The van der Waals surface area contributed by atoms with E-state index >= 15 is 0 Å². The molecule has 2 saturated carbocycles. The van der Waals surface area contributed by atoms with Crippen molar-refractivity contribution in [3.05, 3.63) is 29.8 Å². The Morgan fingerprint density at radius 1 is 1.27 bits per heavy atom. The van der Waals surface area contributed by atoms with Crippen LogP contribution in [0.25, 0.3) is 0 Å². The van der Waals surface area contributed by atoms with Crippen molar-refractivity contribution >= 4 is 21.6 Å². The monoisotopic (exact) mass is 322 g/mol. The number of anilines is 1. The Kier molecular flexibility index (Phi) is 3.89. The summed E-state index contributed by atoms with van der Waals surface area (Å²) in [5, 5.41) is 3.12. The smallest absolute Gasteiger partial charge is 0.251 e. The zero-order chi connectivity index (χ0) is 15.9. The molecule has 0 spiro atoms. The Morgan fingerprint density at radius 3 is 2.64 bits per heavy atom. The lowest BCUT2D eigenvalue weighted by Crippen LogP contribution is -2.38. The van der Waals surface area contributed by atoms with E-state index in [0.717, 1.165) is 18.6 Å². The molecule has 5 nitrogen and oxygen atoms in total. The van der Waals surface area contributed by atoms with Crippen LogP contribution in [-0.4, -0.2) is 33.7 Å². The van der Waals surface area contributed by atoms with E-state index in [2.05, 4.69) is 5.32 Å². The van der Waals surface area contributed by atoms with Gasteiger partial charge in [0.1, 0.15) is 0 Å². The predicted octanol–water partition coefficient (Wildman–Crippen LogP) is 2.00. The topological polar surface area (TPSA) is 66.5 Å². The highest BCUT2D eigenvalue weighted by atomic mass is 32.2. The third-order valence-electron chi connectivity index (χ3n) is 5.02. The first-order valence-electron chi connectivity index (χ1n) is 7.69. The summed E-state index contributed by atoms with van der Waals surface area (Å²) >= 11 is 0. The molecule has 1 N–H and O–H groups in total. The highest BCUT2D eigenvalue weighted by Crippen LogP contribution is 2.44. The van der Waals surface area contributed by atoms with E-state index in [1.54, 1.807) is 24.3 Å². The van der Waals surface area contributed by atoms with Crippen LogP contribution in [0.3, 0.4) is 0 Å². The second kappa shape index (κ2) is 5.57. The summed E-state index contributed by atoms with van der Waals surface area (Å²) in [4.78, 5) is 12.4. The molecule has 0 unspecified atom stereocenters. The van der Waals surface area contributed by atoms with Crippen LogP contribution in [0.2, 0.25) is 0 Å². The molecule has 1 aromatic rings. The van der Waals surface area contributed by atoms with E-state index in [1.807, 2.05) is 0 Å². The SMILES string of the molecule is CN(c1cccc(C(=O)N[C@@H]2C[C@@H]3CC[C@@H]2C3)c1)S(C)(=O)=O. The minimum Gasteiger partial charge on any atom is -0.349 e. The average Bonchev–Trinajstić information content (AvgIpc) is 3.08. The molecule has 3 rings (SSSR count). The van der Waals surface area contributed by atoms with Crippen LogP contribution in [0.1, 0.15) is 36.0 Å². The number of carbonyl (C=O) groups is 1. The number of benzene rings is 1. The molecule has 2 aliphatic carbocycles. The fourth-order valence-electron chi connectivity index (χ4n) is 3.71. The van der Waals surface area contributed by atoms with Crippen LogP contribution in [-0.2, 0) is 10.0 Å². The van der Waals surface area contributed by atoms with Gasteiger partial charge in [-0.1, -0.05) is 12.5 Å². The Balaban J connectivity index is 1.73. The van der Waals surface area contributed by atoms with Gasteiger partial charge in [-0.3, -0.25) is 9.10 Å². The molecule has 2 fully saturated rings. The predicted molar refractivity (Wildman–Crippen MR) is 86.4 cm³/mol. The molecule has 1 amide bonds. The lowest BCUT2D eigenvalue weighted by atomic mass is 9.95. The summed E-state index contributed by atoms with van der Waals surface area (Å²) in [5.74, 6) is 1.29. The van der Waals surface area contributed by atoms with Crippen LogP contribution < -0.4 is 9.62 Å². The second-order valence-corrected chi connectivity index (χ2v) is 8.55. The van der Waals surface area contributed by atoms with E-state index < -0.39 is 10.0 Å². The van der Waals surface area contributed by atoms with E-state index in [1.165, 1.54) is 30.6 Å². The normalized spacial score (nSPS) is 26.9. The highest BCUT2D eigenvalue weighted by Gasteiger charge is 2.40. The number of sulfonamides is 1. The van der Waals surface area contributed by atoms with Crippen molar-refractivity contribution in [2.75, 3.05) is 17.6 Å². The van der Waals surface area contributed by atoms with Gasteiger partial charge in [0.2, 0.25) is 10.0 Å². The molecule has 2 bridgehead atoms. The van der Waals surface area contributed by atoms with Gasteiger partial charge >= 0.3 is 0 Å². The van der Waals surface area contributed by atoms with Crippen molar-refractivity contribution in [1.82, 2.24) is 5.32 Å². The molecule has 0 radical (unpaired) electrons. The van der Waals surface area contributed by atoms with Crippen LogP contribution in [0.5, 0.6) is 0 Å². The van der Waals surface area contributed by atoms with Crippen LogP contribution >= 0.6 is 0 Å². The van der Waals surface area contributed by atoms with Gasteiger partial charge in [0.15, 0.2) is 0 Å². The highest BCUT2D eigenvalue weighted by molar-refractivity contribution is 7.92. The third kappa shape index (κ3) is 2.97. The number of amides is 1. The maximum absolute atomic E-state index is 12.4. The number of hydrogen-bond acceptors (Lipinski definition) is 3. The fourth-order valence-corrected chi connectivity index (χ4v) is 4.20. The number of carbonyl (C=O) groups excluding carboxylic acids is 1. The van der Waals surface area contributed by atoms with Gasteiger partial charge in [-0.05, 0) is 49.3 Å². The molecule has 0 saturated heterocycles. The standard InChI is InChI=1S/C16H22N2O3S/c1-18(22(2,20)21)14-5-3-4-13(10-14)16(19)17-15-9-11-6-7-12(15)8-11/h3-5,10-12,15H,6-9H2,1-2H3,(H,17,19)/t11-,12-,15-/m1/s1. The van der Waals surface area contributed by atoms with Gasteiger partial charge in [-0.25, -0.2) is 8.42 Å². The second-order valence-electron chi connectivity index (χ2n) is 6.54. The molecule has 1 aromatic carbocycles. The molecule has 22 heavy (non-hydrogen) atoms. The number of nitrogens with one attached hydrogen (secondary N) is 1. The first-order valence-corrected chi connectivity index (χ1v) is 9.54. The maximum Gasteiger partial charge on any atom is 0.251 e. The van der Waals surface area contributed by atoms with E-state index in [4.69, 9.17) is 0 Å². The zero-order valence-corrected chi connectivity index (χ0v) is 13.8. The summed E-state index contributed by atoms with van der Waals surface area (Å²) in [7, 11) is -1.84. The zero-order valence-electron chi connectivity index (χ0n) is 13.0. The summed E-state index contributed by atoms with van der Waals surface area (Å²) in [6.45, 7) is 0. The largest absolute Gasteiger partial charge is 0.349 e. The first kappa shape index (κ1) is 15.3. The van der Waals surface area contributed by atoms with Gasteiger partial charge in [0.25, 0.3) is 5.91 Å². The van der Waals surface area contributed by atoms with E-state index in [-0.39, 0.29) is 11.9 Å². The van der Waals surface area contributed by atoms with Crippen LogP contribution in [0.15, 0.2) is 24.3 Å². The van der Waals surface area contributed by atoms with Crippen molar-refractivity contribution in [2.45, 2.75) is 31.7 Å². The minimum atomic E-state index is -3.33. The quantitative estimate of drug-likeness (QED) is 0.922. The first-order chi connectivity index (χ1) is 10.3. The molecular weight excluding hydrogens is 300 g/mol. The fraction of sp³-hybridized carbons (Fsp3) is 0.562. The summed E-state index contributed by atoms with van der Waals surface area (Å²) in [5.41, 5.74) is 1.01. The van der Waals surface area contributed by atoms with Crippen molar-refractivity contribution < 1.29 is 13.2 Å². The molecule has 0 aliphatic heterocycles. The van der Waals surface area contributed by atoms with E-state index in [9.17, 15) is 13.2 Å². The van der Waals surface area contributed by atoms with Crippen molar-refractivity contribution in [3.8, 4) is 0 Å². The lowest BCUT2D eigenvalue weighted by Gasteiger charge is -2.23. The van der Waals surface area contributed by atoms with Crippen molar-refractivity contribution in [1.29, 1.82) is 0 Å². The van der Waals surface area contributed by atoms with Crippen molar-refractivity contribution in [2.24, 2.45) is 11.8 Å². The molecule has 120 valence electrons. The Hall–Kier alpha value is -1.56. The molecule has 0 aromatic heterocycles. The van der Waals surface area contributed by atoms with Crippen molar-refractivity contribution in [3.63, 3.8) is 0 Å². The number of fused-ring (bicyclic) bond motifs is 2. The molecule has 0 heterocycles. The molecule has 3 atom stereocenters. The Bertz CT molecular complexity index is 686. The molecular formula is C16H22N2O3S. The van der Waals surface area contributed by atoms with Crippen LogP contribution in [0.4, 0.5) is 5.69 Å². The molecule has 2 aliphatic rings. The number of nitrogens with zero attached hydrogens (tertiary/aromatic N) is 1. The van der Waals surface area contributed by atoms with Gasteiger partial charge < -0.3 is 5.32 Å². The average molecular weight is 322 g/mol. The minimum absolute atomic E-state index is 0.110. The van der Waals surface area contributed by atoms with Crippen LogP contribution in [0, 0.1) is 11.8 Å². The third-order valence-corrected chi connectivity index (χ3v) is 6.23. The van der Waals surface area contributed by atoms with Gasteiger partial charge in [0.05, 0.1) is 11.9 Å². The van der Waals surface area contributed by atoms with Gasteiger partial charge in [0, 0.05) is 18.7 Å². The summed E-state index contributed by atoms with van der Waals surface area (Å²) in [6, 6.07) is 7.04. The van der Waals surface area contributed by atoms with Gasteiger partial charge in [-0.2, -0.15) is 0 Å². The Morgan fingerprint density at radius 2 is 2.05 bits per heavy atom. The number of rotatable bonds is 4. The molecule has 6 heteroatoms. The summed E-state index contributed by atoms with van der Waals surface area (Å²) in [6.07, 6.45) is 5.98. The Labute approximate surface area is 131 Å².